The molecule has 22 heavy (non-hydrogen) atoms. The molecular weight excluding hydrogens is 319 g/mol. The van der Waals surface area contributed by atoms with Gasteiger partial charge in [0, 0.05) is 29.9 Å². The van der Waals surface area contributed by atoms with Gasteiger partial charge in [-0.3, -0.25) is 4.79 Å². The first-order valence-corrected chi connectivity index (χ1v) is 8.44. The predicted molar refractivity (Wildman–Crippen MR) is 87.6 cm³/mol. The van der Waals surface area contributed by atoms with Crippen molar-refractivity contribution in [2.75, 3.05) is 7.05 Å². The van der Waals surface area contributed by atoms with Crippen molar-refractivity contribution in [2.45, 2.75) is 6.54 Å². The number of halogens is 1. The SMILES string of the molecule is CN(Cc1cccc(F)c1)C(=O)c1csc(-c2ccsc2)n1. The highest BCUT2D eigenvalue weighted by atomic mass is 32.1. The smallest absolute Gasteiger partial charge is 0.273 e. The number of thiazole rings is 1. The van der Waals surface area contributed by atoms with Crippen LogP contribution in [0.5, 0.6) is 0 Å². The van der Waals surface area contributed by atoms with Crippen molar-refractivity contribution in [2.24, 2.45) is 0 Å². The summed E-state index contributed by atoms with van der Waals surface area (Å²) in [5.74, 6) is -0.464. The third-order valence-electron chi connectivity index (χ3n) is 3.15. The first-order chi connectivity index (χ1) is 10.6. The van der Waals surface area contributed by atoms with E-state index in [2.05, 4.69) is 4.98 Å². The van der Waals surface area contributed by atoms with E-state index in [0.717, 1.165) is 16.1 Å². The van der Waals surface area contributed by atoms with E-state index in [1.165, 1.54) is 23.5 Å². The molecule has 0 spiro atoms. The van der Waals surface area contributed by atoms with Gasteiger partial charge < -0.3 is 4.90 Å². The summed E-state index contributed by atoms with van der Waals surface area (Å²) >= 11 is 3.05. The molecule has 0 atom stereocenters. The van der Waals surface area contributed by atoms with Crippen molar-refractivity contribution in [3.05, 3.63) is 63.5 Å². The van der Waals surface area contributed by atoms with Crippen LogP contribution < -0.4 is 0 Å². The van der Waals surface area contributed by atoms with Crippen LogP contribution in [0.4, 0.5) is 4.39 Å². The fraction of sp³-hybridized carbons (Fsp3) is 0.125. The Labute approximate surface area is 135 Å². The summed E-state index contributed by atoms with van der Waals surface area (Å²) < 4.78 is 13.2. The number of aromatic nitrogens is 1. The molecule has 0 saturated carbocycles. The zero-order valence-corrected chi connectivity index (χ0v) is 13.5. The van der Waals surface area contributed by atoms with Crippen LogP contribution in [-0.2, 0) is 6.54 Å². The van der Waals surface area contributed by atoms with E-state index in [4.69, 9.17) is 0 Å². The lowest BCUT2D eigenvalue weighted by molar-refractivity contribution is 0.0780. The van der Waals surface area contributed by atoms with Crippen LogP contribution in [0.2, 0.25) is 0 Å². The van der Waals surface area contributed by atoms with Crippen molar-refractivity contribution in [1.82, 2.24) is 9.88 Å². The molecule has 112 valence electrons. The van der Waals surface area contributed by atoms with E-state index >= 15 is 0 Å². The maximum atomic E-state index is 13.2. The molecule has 0 saturated heterocycles. The van der Waals surface area contributed by atoms with Gasteiger partial charge in [-0.15, -0.1) is 11.3 Å². The fourth-order valence-electron chi connectivity index (χ4n) is 2.07. The Morgan fingerprint density at radius 1 is 1.32 bits per heavy atom. The van der Waals surface area contributed by atoms with Crippen LogP contribution in [0, 0.1) is 5.82 Å². The number of thiophene rings is 1. The minimum Gasteiger partial charge on any atom is -0.336 e. The van der Waals surface area contributed by atoms with Gasteiger partial charge in [0.05, 0.1) is 0 Å². The first-order valence-electron chi connectivity index (χ1n) is 6.61. The molecule has 1 aromatic carbocycles. The number of nitrogens with zero attached hydrogens (tertiary/aromatic N) is 2. The second kappa shape index (κ2) is 6.37. The Bertz CT molecular complexity index is 783. The highest BCUT2D eigenvalue weighted by Crippen LogP contribution is 2.26. The summed E-state index contributed by atoms with van der Waals surface area (Å²) in [6.07, 6.45) is 0. The third-order valence-corrected chi connectivity index (χ3v) is 4.72. The summed E-state index contributed by atoms with van der Waals surface area (Å²) in [5, 5.41) is 6.58. The van der Waals surface area contributed by atoms with Crippen molar-refractivity contribution in [3.63, 3.8) is 0 Å². The molecular formula is C16H13FN2OS2. The zero-order chi connectivity index (χ0) is 15.5. The zero-order valence-electron chi connectivity index (χ0n) is 11.8. The Balaban J connectivity index is 1.73. The molecule has 0 bridgehead atoms. The molecule has 3 aromatic rings. The maximum absolute atomic E-state index is 13.2. The van der Waals surface area contributed by atoms with E-state index in [-0.39, 0.29) is 11.7 Å². The molecule has 0 aliphatic carbocycles. The average Bonchev–Trinajstić information content (AvgIpc) is 3.17. The van der Waals surface area contributed by atoms with E-state index in [9.17, 15) is 9.18 Å². The van der Waals surface area contributed by atoms with Crippen molar-refractivity contribution in [1.29, 1.82) is 0 Å². The van der Waals surface area contributed by atoms with Gasteiger partial charge in [-0.25, -0.2) is 9.37 Å². The van der Waals surface area contributed by atoms with Crippen molar-refractivity contribution < 1.29 is 9.18 Å². The van der Waals surface area contributed by atoms with Gasteiger partial charge in [-0.1, -0.05) is 12.1 Å². The van der Waals surface area contributed by atoms with E-state index in [1.807, 2.05) is 16.8 Å². The second-order valence-electron chi connectivity index (χ2n) is 4.84. The molecule has 0 N–H and O–H groups in total. The molecule has 2 heterocycles. The molecule has 1 amide bonds. The molecule has 0 unspecified atom stereocenters. The summed E-state index contributed by atoms with van der Waals surface area (Å²) in [6, 6.07) is 8.24. The maximum Gasteiger partial charge on any atom is 0.273 e. The van der Waals surface area contributed by atoms with Gasteiger partial charge in [0.25, 0.3) is 5.91 Å². The number of benzene rings is 1. The van der Waals surface area contributed by atoms with Crippen LogP contribution >= 0.6 is 22.7 Å². The van der Waals surface area contributed by atoms with Crippen LogP contribution in [0.15, 0.2) is 46.5 Å². The second-order valence-corrected chi connectivity index (χ2v) is 6.48. The quantitative estimate of drug-likeness (QED) is 0.714. The molecule has 3 nitrogen and oxygen atoms in total. The highest BCUT2D eigenvalue weighted by Gasteiger charge is 2.16. The van der Waals surface area contributed by atoms with Crippen LogP contribution in [-0.4, -0.2) is 22.8 Å². The Kier molecular flexibility index (Phi) is 4.31. The number of carbonyl (C=O) groups is 1. The van der Waals surface area contributed by atoms with E-state index in [0.29, 0.717) is 12.2 Å². The highest BCUT2D eigenvalue weighted by molar-refractivity contribution is 7.14. The van der Waals surface area contributed by atoms with Gasteiger partial charge in [0.15, 0.2) is 0 Å². The van der Waals surface area contributed by atoms with Gasteiger partial charge >= 0.3 is 0 Å². The topological polar surface area (TPSA) is 33.2 Å². The van der Waals surface area contributed by atoms with Crippen LogP contribution in [0.1, 0.15) is 16.1 Å². The number of carbonyl (C=O) groups excluding carboxylic acids is 1. The third kappa shape index (κ3) is 3.23. The summed E-state index contributed by atoms with van der Waals surface area (Å²) in [7, 11) is 1.69. The molecule has 0 radical (unpaired) electrons. The van der Waals surface area contributed by atoms with E-state index in [1.54, 1.807) is 40.8 Å². The monoisotopic (exact) mass is 332 g/mol. The lowest BCUT2D eigenvalue weighted by Gasteiger charge is -2.15. The van der Waals surface area contributed by atoms with Crippen LogP contribution in [0.25, 0.3) is 10.6 Å². The summed E-state index contributed by atoms with van der Waals surface area (Å²) in [5.41, 5.74) is 2.20. The van der Waals surface area contributed by atoms with Gasteiger partial charge in [-0.05, 0) is 29.1 Å². The normalized spacial score (nSPS) is 10.6. The van der Waals surface area contributed by atoms with Gasteiger partial charge in [0.2, 0.25) is 0 Å². The van der Waals surface area contributed by atoms with Crippen molar-refractivity contribution >= 4 is 28.6 Å². The number of hydrogen-bond donors (Lipinski definition) is 0. The lowest BCUT2D eigenvalue weighted by atomic mass is 10.2. The lowest BCUT2D eigenvalue weighted by Crippen LogP contribution is -2.26. The molecule has 2 aromatic heterocycles. The number of amides is 1. The molecule has 0 aliphatic rings. The average molecular weight is 332 g/mol. The number of rotatable bonds is 4. The number of hydrogen-bond acceptors (Lipinski definition) is 4. The fourth-order valence-corrected chi connectivity index (χ4v) is 3.57. The van der Waals surface area contributed by atoms with E-state index < -0.39 is 0 Å². The van der Waals surface area contributed by atoms with Crippen molar-refractivity contribution in [3.8, 4) is 10.6 Å². The molecule has 3 rings (SSSR count). The van der Waals surface area contributed by atoms with Gasteiger partial charge in [-0.2, -0.15) is 11.3 Å². The Morgan fingerprint density at radius 3 is 2.91 bits per heavy atom. The molecule has 0 fully saturated rings. The Morgan fingerprint density at radius 2 is 2.18 bits per heavy atom. The molecule has 0 aliphatic heterocycles. The largest absolute Gasteiger partial charge is 0.336 e. The summed E-state index contributed by atoms with van der Waals surface area (Å²) in [6.45, 7) is 0.349. The van der Waals surface area contributed by atoms with Gasteiger partial charge in [0.1, 0.15) is 16.5 Å². The Hall–Kier alpha value is -2.05. The minimum atomic E-state index is -0.299. The molecule has 6 heteroatoms. The standard InChI is InChI=1S/C16H13FN2OS2/c1-19(8-11-3-2-4-13(17)7-11)16(20)14-10-22-15(18-14)12-5-6-21-9-12/h2-7,9-10H,8H2,1H3. The predicted octanol–water partition coefficient (Wildman–Crippen LogP) is 4.28. The summed E-state index contributed by atoms with van der Waals surface area (Å²) in [4.78, 5) is 18.3. The minimum absolute atomic E-state index is 0.165. The van der Waals surface area contributed by atoms with Crippen LogP contribution in [0.3, 0.4) is 0 Å². The first kappa shape index (κ1) is 14.9.